The van der Waals surface area contributed by atoms with Gasteiger partial charge < -0.3 is 5.32 Å². The van der Waals surface area contributed by atoms with Crippen molar-refractivity contribution in [2.24, 2.45) is 0 Å². The summed E-state index contributed by atoms with van der Waals surface area (Å²) in [5.41, 5.74) is -0.160. The van der Waals surface area contributed by atoms with Crippen molar-refractivity contribution < 1.29 is 18.0 Å². The van der Waals surface area contributed by atoms with Crippen LogP contribution in [0.15, 0.2) is 18.2 Å². The molecule has 5 nitrogen and oxygen atoms in total. The number of aromatic amines is 1. The minimum atomic E-state index is -4.47. The van der Waals surface area contributed by atoms with E-state index >= 15 is 0 Å². The molecule has 2 amide bonds. The number of hydrogen-bond acceptors (Lipinski definition) is 2. The molecule has 1 aromatic carbocycles. The molecule has 2 aromatic rings. The largest absolute Gasteiger partial charge is 0.433 e. The van der Waals surface area contributed by atoms with Gasteiger partial charge in [-0.1, -0.05) is 0 Å². The highest BCUT2D eigenvalue weighted by molar-refractivity contribution is 5.96. The highest BCUT2D eigenvalue weighted by atomic mass is 19.4. The van der Waals surface area contributed by atoms with Crippen molar-refractivity contribution in [2.45, 2.75) is 6.18 Å². The van der Waals surface area contributed by atoms with Gasteiger partial charge >= 0.3 is 12.2 Å². The van der Waals surface area contributed by atoms with E-state index in [4.69, 9.17) is 0 Å². The van der Waals surface area contributed by atoms with Gasteiger partial charge in [-0.25, -0.2) is 4.79 Å². The smallest absolute Gasteiger partial charge is 0.336 e. The van der Waals surface area contributed by atoms with Crippen LogP contribution in [0.25, 0.3) is 10.9 Å². The number of carbonyl (C=O) groups excluding carboxylic acids is 1. The number of nitrogens with zero attached hydrogens (tertiary/aromatic N) is 2. The minimum absolute atomic E-state index is 0.00384. The van der Waals surface area contributed by atoms with Crippen LogP contribution in [0.4, 0.5) is 23.7 Å². The lowest BCUT2D eigenvalue weighted by atomic mass is 10.2. The fourth-order valence-electron chi connectivity index (χ4n) is 2.10. The molecule has 19 heavy (non-hydrogen) atoms. The molecule has 1 saturated heterocycles. The van der Waals surface area contributed by atoms with Crippen LogP contribution in [0.1, 0.15) is 5.69 Å². The van der Waals surface area contributed by atoms with E-state index in [0.29, 0.717) is 18.8 Å². The maximum Gasteiger partial charge on any atom is 0.433 e. The average Bonchev–Trinajstić information content (AvgIpc) is 2.92. The molecule has 1 aliphatic heterocycles. The van der Waals surface area contributed by atoms with Gasteiger partial charge in [-0.15, -0.1) is 0 Å². The molecule has 1 aromatic heterocycles. The molecule has 3 rings (SSSR count). The Kier molecular flexibility index (Phi) is 2.41. The van der Waals surface area contributed by atoms with Gasteiger partial charge in [0.25, 0.3) is 0 Å². The third-order valence-electron chi connectivity index (χ3n) is 2.99. The van der Waals surface area contributed by atoms with Gasteiger partial charge in [-0.05, 0) is 18.2 Å². The first kappa shape index (κ1) is 11.8. The summed E-state index contributed by atoms with van der Waals surface area (Å²) in [6.07, 6.45) is -4.47. The zero-order chi connectivity index (χ0) is 13.6. The summed E-state index contributed by atoms with van der Waals surface area (Å²) in [5, 5.41) is 8.25. The molecule has 1 aliphatic rings. The summed E-state index contributed by atoms with van der Waals surface area (Å²) >= 11 is 0. The van der Waals surface area contributed by atoms with E-state index in [1.807, 2.05) is 5.10 Å². The third kappa shape index (κ3) is 1.88. The summed E-state index contributed by atoms with van der Waals surface area (Å²) in [6.45, 7) is 1.01. The predicted molar refractivity (Wildman–Crippen MR) is 61.8 cm³/mol. The second-order valence-electron chi connectivity index (χ2n) is 4.18. The number of hydrogen-bond donors (Lipinski definition) is 2. The molecule has 0 unspecified atom stereocenters. The third-order valence-corrected chi connectivity index (χ3v) is 2.99. The normalized spacial score (nSPS) is 16.2. The number of aromatic nitrogens is 2. The number of urea groups is 1. The average molecular weight is 270 g/mol. The van der Waals surface area contributed by atoms with Crippen molar-refractivity contribution in [2.75, 3.05) is 18.0 Å². The van der Waals surface area contributed by atoms with Gasteiger partial charge in [0, 0.05) is 24.2 Å². The first-order chi connectivity index (χ1) is 8.97. The first-order valence-corrected chi connectivity index (χ1v) is 5.57. The molecule has 1 fully saturated rings. The van der Waals surface area contributed by atoms with E-state index in [2.05, 4.69) is 10.4 Å². The van der Waals surface area contributed by atoms with Crippen molar-refractivity contribution in [3.05, 3.63) is 23.9 Å². The molecule has 0 bridgehead atoms. The molecule has 0 atom stereocenters. The van der Waals surface area contributed by atoms with Crippen LogP contribution in [0.5, 0.6) is 0 Å². The quantitative estimate of drug-likeness (QED) is 0.833. The van der Waals surface area contributed by atoms with E-state index in [1.165, 1.54) is 23.1 Å². The van der Waals surface area contributed by atoms with E-state index in [-0.39, 0.29) is 16.9 Å². The molecule has 0 radical (unpaired) electrons. The molecule has 8 heteroatoms. The lowest BCUT2D eigenvalue weighted by Crippen LogP contribution is -2.27. The highest BCUT2D eigenvalue weighted by Gasteiger charge is 2.35. The summed E-state index contributed by atoms with van der Waals surface area (Å²) in [6, 6.07) is 4.01. The van der Waals surface area contributed by atoms with Gasteiger partial charge in [0.15, 0.2) is 0 Å². The molecular formula is C11H9F3N4O. The molecule has 100 valence electrons. The van der Waals surface area contributed by atoms with Crippen LogP contribution < -0.4 is 10.2 Å². The van der Waals surface area contributed by atoms with Crippen LogP contribution in [0.3, 0.4) is 0 Å². The fourth-order valence-corrected chi connectivity index (χ4v) is 2.10. The number of alkyl halides is 3. The van der Waals surface area contributed by atoms with Crippen molar-refractivity contribution in [1.82, 2.24) is 15.5 Å². The minimum Gasteiger partial charge on any atom is -0.336 e. The van der Waals surface area contributed by atoms with Gasteiger partial charge in [0.05, 0.1) is 5.52 Å². The van der Waals surface area contributed by atoms with E-state index in [9.17, 15) is 18.0 Å². The Morgan fingerprint density at radius 1 is 1.32 bits per heavy atom. The molecule has 0 saturated carbocycles. The summed E-state index contributed by atoms with van der Waals surface area (Å²) < 4.78 is 38.0. The lowest BCUT2D eigenvalue weighted by Gasteiger charge is -2.13. The maximum atomic E-state index is 12.7. The van der Waals surface area contributed by atoms with Gasteiger partial charge in [0.2, 0.25) is 0 Å². The van der Waals surface area contributed by atoms with Crippen molar-refractivity contribution in [1.29, 1.82) is 0 Å². The zero-order valence-electron chi connectivity index (χ0n) is 9.58. The van der Waals surface area contributed by atoms with Gasteiger partial charge in [0.1, 0.15) is 5.69 Å². The maximum absolute atomic E-state index is 12.7. The Labute approximate surface area is 105 Å². The SMILES string of the molecule is O=C1NCCN1c1ccc2c(C(F)(F)F)[nH]nc2c1. The number of benzene rings is 1. The number of amides is 2. The highest BCUT2D eigenvalue weighted by Crippen LogP contribution is 2.34. The van der Waals surface area contributed by atoms with Gasteiger partial charge in [-0.2, -0.15) is 18.3 Å². The Morgan fingerprint density at radius 2 is 2.11 bits per heavy atom. The second kappa shape index (κ2) is 3.87. The molecule has 0 spiro atoms. The predicted octanol–water partition coefficient (Wildman–Crippen LogP) is 2.11. The van der Waals surface area contributed by atoms with Crippen molar-refractivity contribution in [3.63, 3.8) is 0 Å². The monoisotopic (exact) mass is 270 g/mol. The van der Waals surface area contributed by atoms with E-state index < -0.39 is 11.9 Å². The topological polar surface area (TPSA) is 61.0 Å². The molecule has 2 N–H and O–H groups in total. The fraction of sp³-hybridized carbons (Fsp3) is 0.273. The van der Waals surface area contributed by atoms with E-state index in [0.717, 1.165) is 0 Å². The summed E-state index contributed by atoms with van der Waals surface area (Å²) in [7, 11) is 0. The Balaban J connectivity index is 2.06. The number of H-pyrrole nitrogens is 1. The zero-order valence-corrected chi connectivity index (χ0v) is 9.58. The lowest BCUT2D eigenvalue weighted by molar-refractivity contribution is -0.139. The van der Waals surface area contributed by atoms with Crippen LogP contribution in [-0.4, -0.2) is 29.3 Å². The number of rotatable bonds is 1. The summed E-state index contributed by atoms with van der Waals surface area (Å²) in [4.78, 5) is 12.9. The second-order valence-corrected chi connectivity index (χ2v) is 4.18. The van der Waals surface area contributed by atoms with Crippen LogP contribution in [-0.2, 0) is 6.18 Å². The Morgan fingerprint density at radius 3 is 2.74 bits per heavy atom. The van der Waals surface area contributed by atoms with E-state index in [1.54, 1.807) is 0 Å². The number of halogens is 3. The molecule has 2 heterocycles. The number of fused-ring (bicyclic) bond motifs is 1. The van der Waals surface area contributed by atoms with Crippen molar-refractivity contribution >= 4 is 22.6 Å². The van der Waals surface area contributed by atoms with Gasteiger partial charge in [-0.3, -0.25) is 10.00 Å². The number of nitrogens with one attached hydrogen (secondary N) is 2. The summed E-state index contributed by atoms with van der Waals surface area (Å²) in [5.74, 6) is 0. The van der Waals surface area contributed by atoms with Crippen LogP contribution in [0.2, 0.25) is 0 Å². The molecule has 0 aliphatic carbocycles. The standard InChI is InChI=1S/C11H9F3N4O/c12-11(13,14)9-7-2-1-6(5-8(7)16-17-9)18-4-3-15-10(18)19/h1-2,5H,3-4H2,(H,15,19)(H,16,17). The number of carbonyl (C=O) groups is 1. The number of anilines is 1. The van der Waals surface area contributed by atoms with Crippen LogP contribution in [0, 0.1) is 0 Å². The molecular weight excluding hydrogens is 261 g/mol. The first-order valence-electron chi connectivity index (χ1n) is 5.57. The van der Waals surface area contributed by atoms with Crippen LogP contribution >= 0.6 is 0 Å². The Hall–Kier alpha value is -2.25. The van der Waals surface area contributed by atoms with Crippen molar-refractivity contribution in [3.8, 4) is 0 Å². The Bertz CT molecular complexity index is 649.